The van der Waals surface area contributed by atoms with Crippen LogP contribution in [0.15, 0.2) is 24.4 Å². The van der Waals surface area contributed by atoms with Crippen molar-refractivity contribution in [1.82, 2.24) is 15.2 Å². The molecule has 2 aromatic rings. The number of hydrogen-bond acceptors (Lipinski definition) is 8. The Labute approximate surface area is 134 Å². The first kappa shape index (κ1) is 15.3. The van der Waals surface area contributed by atoms with Crippen molar-refractivity contribution in [2.45, 2.75) is 13.0 Å². The van der Waals surface area contributed by atoms with E-state index < -0.39 is 0 Å². The Morgan fingerprint density at radius 1 is 1.22 bits per heavy atom. The summed E-state index contributed by atoms with van der Waals surface area (Å²) in [5.74, 6) is 2.69. The third-order valence-electron chi connectivity index (χ3n) is 3.28. The number of methoxy groups -OCH3 is 1. The summed E-state index contributed by atoms with van der Waals surface area (Å²) in [6.07, 6.45) is 2.50. The fourth-order valence-corrected chi connectivity index (χ4v) is 2.13. The van der Waals surface area contributed by atoms with Gasteiger partial charge < -0.3 is 24.8 Å². The molecule has 8 heteroatoms. The first-order chi connectivity index (χ1) is 11.3. The molecular weight excluding hydrogens is 298 g/mol. The second-order valence-electron chi connectivity index (χ2n) is 4.98. The third-order valence-corrected chi connectivity index (χ3v) is 3.28. The van der Waals surface area contributed by atoms with Gasteiger partial charge in [-0.2, -0.15) is 10.1 Å². The Morgan fingerprint density at radius 3 is 3.04 bits per heavy atom. The van der Waals surface area contributed by atoms with Crippen molar-refractivity contribution in [3.8, 4) is 11.5 Å². The highest BCUT2D eigenvalue weighted by atomic mass is 16.7. The topological polar surface area (TPSA) is 90.4 Å². The predicted octanol–water partition coefficient (Wildman–Crippen LogP) is 1.66. The molecule has 1 aromatic carbocycles. The van der Waals surface area contributed by atoms with Gasteiger partial charge in [0.1, 0.15) is 0 Å². The summed E-state index contributed by atoms with van der Waals surface area (Å²) < 4.78 is 15.7. The van der Waals surface area contributed by atoms with Crippen LogP contribution in [-0.4, -0.2) is 42.2 Å². The van der Waals surface area contributed by atoms with Gasteiger partial charge in [0.25, 0.3) is 0 Å². The number of rotatable bonds is 8. The molecule has 122 valence electrons. The first-order valence-corrected chi connectivity index (χ1v) is 7.40. The molecule has 23 heavy (non-hydrogen) atoms. The zero-order chi connectivity index (χ0) is 15.9. The van der Waals surface area contributed by atoms with Gasteiger partial charge >= 0.3 is 0 Å². The van der Waals surface area contributed by atoms with Gasteiger partial charge in [-0.05, 0) is 24.1 Å². The lowest BCUT2D eigenvalue weighted by Crippen LogP contribution is -2.10. The maximum absolute atomic E-state index is 5.36. The molecular formula is C15H19N5O3. The Morgan fingerprint density at radius 2 is 2.13 bits per heavy atom. The molecule has 0 radical (unpaired) electrons. The van der Waals surface area contributed by atoms with E-state index in [1.54, 1.807) is 13.3 Å². The molecule has 2 N–H and O–H groups in total. The molecule has 1 aromatic heterocycles. The van der Waals surface area contributed by atoms with Crippen LogP contribution < -0.4 is 20.1 Å². The molecule has 0 spiro atoms. The van der Waals surface area contributed by atoms with E-state index in [9.17, 15) is 0 Å². The molecule has 2 heterocycles. The van der Waals surface area contributed by atoms with Crippen molar-refractivity contribution >= 4 is 11.8 Å². The van der Waals surface area contributed by atoms with E-state index in [4.69, 9.17) is 14.2 Å². The van der Waals surface area contributed by atoms with Gasteiger partial charge in [0, 0.05) is 26.8 Å². The minimum atomic E-state index is 0.274. The highest BCUT2D eigenvalue weighted by Gasteiger charge is 2.13. The molecule has 3 rings (SSSR count). The number of ether oxygens (including phenoxy) is 3. The smallest absolute Gasteiger partial charge is 0.244 e. The van der Waals surface area contributed by atoms with Crippen LogP contribution >= 0.6 is 0 Å². The molecule has 0 bridgehead atoms. The largest absolute Gasteiger partial charge is 0.454 e. The summed E-state index contributed by atoms with van der Waals surface area (Å²) >= 11 is 0. The van der Waals surface area contributed by atoms with Crippen molar-refractivity contribution in [2.75, 3.05) is 37.7 Å². The number of anilines is 2. The molecule has 1 aliphatic rings. The minimum absolute atomic E-state index is 0.274. The van der Waals surface area contributed by atoms with E-state index in [1.807, 2.05) is 18.2 Å². The molecule has 0 amide bonds. The Kier molecular flexibility index (Phi) is 5.05. The molecule has 0 unspecified atom stereocenters. The lowest BCUT2D eigenvalue weighted by Gasteiger charge is -2.08. The van der Waals surface area contributed by atoms with Gasteiger partial charge in [-0.1, -0.05) is 6.07 Å². The Hall–Kier alpha value is -2.61. The zero-order valence-electron chi connectivity index (χ0n) is 12.9. The average molecular weight is 317 g/mol. The molecule has 0 atom stereocenters. The lowest BCUT2D eigenvalue weighted by atomic mass is 10.2. The summed E-state index contributed by atoms with van der Waals surface area (Å²) in [6.45, 7) is 2.33. The molecule has 8 nitrogen and oxygen atoms in total. The monoisotopic (exact) mass is 317 g/mol. The Bertz CT molecular complexity index is 653. The van der Waals surface area contributed by atoms with E-state index in [1.165, 1.54) is 0 Å². The van der Waals surface area contributed by atoms with E-state index >= 15 is 0 Å². The minimum Gasteiger partial charge on any atom is -0.454 e. The van der Waals surface area contributed by atoms with Gasteiger partial charge in [-0.15, -0.1) is 5.10 Å². The summed E-state index contributed by atoms with van der Waals surface area (Å²) in [5, 5.41) is 14.2. The number of aromatic nitrogens is 3. The molecule has 0 saturated heterocycles. The standard InChI is InChI=1S/C15H19N5O3/c1-21-6-2-5-16-14-9-18-20-15(19-14)17-8-11-3-4-12-13(7-11)23-10-22-12/h3-4,7,9H,2,5-6,8,10H2,1H3,(H2,16,17,19,20). The van der Waals surface area contributed by atoms with Crippen LogP contribution in [-0.2, 0) is 11.3 Å². The van der Waals surface area contributed by atoms with Crippen LogP contribution in [0.2, 0.25) is 0 Å². The highest BCUT2D eigenvalue weighted by molar-refractivity contribution is 5.45. The quantitative estimate of drug-likeness (QED) is 0.710. The van der Waals surface area contributed by atoms with E-state index in [2.05, 4.69) is 25.8 Å². The van der Waals surface area contributed by atoms with Crippen molar-refractivity contribution in [2.24, 2.45) is 0 Å². The number of fused-ring (bicyclic) bond motifs is 1. The summed E-state index contributed by atoms with van der Waals surface area (Å²) in [5.41, 5.74) is 1.05. The molecule has 1 aliphatic heterocycles. The van der Waals surface area contributed by atoms with Crippen LogP contribution in [0.1, 0.15) is 12.0 Å². The fourth-order valence-electron chi connectivity index (χ4n) is 2.13. The van der Waals surface area contributed by atoms with Gasteiger partial charge in [0.05, 0.1) is 6.20 Å². The lowest BCUT2D eigenvalue weighted by molar-refractivity contribution is 0.174. The molecule has 0 aliphatic carbocycles. The highest BCUT2D eigenvalue weighted by Crippen LogP contribution is 2.32. The van der Waals surface area contributed by atoms with Crippen LogP contribution in [0.25, 0.3) is 0 Å². The van der Waals surface area contributed by atoms with E-state index in [-0.39, 0.29) is 6.79 Å². The summed E-state index contributed by atoms with van der Waals surface area (Å²) in [6, 6.07) is 5.81. The van der Waals surface area contributed by atoms with Crippen molar-refractivity contribution in [3.63, 3.8) is 0 Å². The first-order valence-electron chi connectivity index (χ1n) is 7.40. The number of nitrogens with zero attached hydrogens (tertiary/aromatic N) is 3. The van der Waals surface area contributed by atoms with E-state index in [0.717, 1.165) is 30.0 Å². The van der Waals surface area contributed by atoms with E-state index in [0.29, 0.717) is 24.9 Å². The van der Waals surface area contributed by atoms with Crippen LogP contribution in [0.4, 0.5) is 11.8 Å². The van der Waals surface area contributed by atoms with Crippen LogP contribution in [0.5, 0.6) is 11.5 Å². The zero-order valence-corrected chi connectivity index (χ0v) is 12.9. The van der Waals surface area contributed by atoms with Crippen LogP contribution in [0.3, 0.4) is 0 Å². The second-order valence-corrected chi connectivity index (χ2v) is 4.98. The third kappa shape index (κ3) is 4.19. The van der Waals surface area contributed by atoms with Gasteiger partial charge in [0.2, 0.25) is 12.7 Å². The van der Waals surface area contributed by atoms with Crippen LogP contribution in [0, 0.1) is 0 Å². The summed E-state index contributed by atoms with van der Waals surface area (Å²) in [4.78, 5) is 4.37. The van der Waals surface area contributed by atoms with Gasteiger partial charge in [-0.25, -0.2) is 0 Å². The number of nitrogens with one attached hydrogen (secondary N) is 2. The van der Waals surface area contributed by atoms with Crippen molar-refractivity contribution in [3.05, 3.63) is 30.0 Å². The Balaban J connectivity index is 1.53. The normalized spacial score (nSPS) is 12.2. The van der Waals surface area contributed by atoms with Gasteiger partial charge in [-0.3, -0.25) is 0 Å². The predicted molar refractivity (Wildman–Crippen MR) is 84.7 cm³/mol. The SMILES string of the molecule is COCCCNc1cnnc(NCc2ccc3c(c2)OCO3)n1. The van der Waals surface area contributed by atoms with Crippen molar-refractivity contribution in [1.29, 1.82) is 0 Å². The number of hydrogen-bond donors (Lipinski definition) is 2. The summed E-state index contributed by atoms with van der Waals surface area (Å²) in [7, 11) is 1.68. The second kappa shape index (κ2) is 7.59. The number of benzene rings is 1. The average Bonchev–Trinajstić information content (AvgIpc) is 3.05. The van der Waals surface area contributed by atoms with Crippen molar-refractivity contribution < 1.29 is 14.2 Å². The maximum Gasteiger partial charge on any atom is 0.244 e. The molecule has 0 saturated carbocycles. The van der Waals surface area contributed by atoms with Gasteiger partial charge in [0.15, 0.2) is 17.3 Å². The maximum atomic E-state index is 5.36. The molecule has 0 fully saturated rings. The fraction of sp³-hybridized carbons (Fsp3) is 0.400.